The van der Waals surface area contributed by atoms with Crippen molar-refractivity contribution in [2.24, 2.45) is 0 Å². The molecule has 14 heavy (non-hydrogen) atoms. The molecule has 0 radical (unpaired) electrons. The summed E-state index contributed by atoms with van der Waals surface area (Å²) in [4.78, 5) is 0.125. The van der Waals surface area contributed by atoms with Crippen molar-refractivity contribution in [3.63, 3.8) is 0 Å². The van der Waals surface area contributed by atoms with Gasteiger partial charge in [-0.3, -0.25) is 0 Å². The molecule has 0 saturated heterocycles. The lowest BCUT2D eigenvalue weighted by molar-refractivity contribution is 0.551. The van der Waals surface area contributed by atoms with E-state index in [1.807, 2.05) is 0 Å². The molecule has 0 amide bonds. The number of halogens is 2. The standard InChI is InChI=1S/C8H4ClFN2OS/c9-6-4(2-1-3-5(6)10)7-11-12-8(14)13-7/h1-3H,(H,12,14). The Labute approximate surface area is 88.5 Å². The minimum absolute atomic E-state index is 0.0299. The lowest BCUT2D eigenvalue weighted by Gasteiger charge is -1.98. The average Bonchev–Trinajstić information content (AvgIpc) is 2.57. The van der Waals surface area contributed by atoms with E-state index < -0.39 is 5.82 Å². The Morgan fingerprint density at radius 2 is 2.29 bits per heavy atom. The second kappa shape index (κ2) is 3.51. The number of H-pyrrole nitrogens is 1. The van der Waals surface area contributed by atoms with Crippen molar-refractivity contribution in [1.29, 1.82) is 0 Å². The summed E-state index contributed by atoms with van der Waals surface area (Å²) in [6.45, 7) is 0. The van der Waals surface area contributed by atoms with Gasteiger partial charge in [-0.15, -0.1) is 5.10 Å². The largest absolute Gasteiger partial charge is 0.409 e. The molecule has 0 spiro atoms. The SMILES string of the molecule is Fc1cccc(-c2n[nH]c(=S)o2)c1Cl. The third-order valence-corrected chi connectivity index (χ3v) is 2.18. The third-order valence-electron chi connectivity index (χ3n) is 1.62. The van der Waals surface area contributed by atoms with Crippen molar-refractivity contribution in [3.8, 4) is 11.5 Å². The zero-order valence-electron chi connectivity index (χ0n) is 6.75. The van der Waals surface area contributed by atoms with E-state index in [1.165, 1.54) is 12.1 Å². The Morgan fingerprint density at radius 1 is 1.50 bits per heavy atom. The van der Waals surface area contributed by atoms with Crippen LogP contribution in [0.2, 0.25) is 5.02 Å². The molecule has 72 valence electrons. The molecule has 6 heteroatoms. The molecule has 0 fully saturated rings. The summed E-state index contributed by atoms with van der Waals surface area (Å²) < 4.78 is 18.0. The Morgan fingerprint density at radius 3 is 2.93 bits per heavy atom. The van der Waals surface area contributed by atoms with E-state index in [0.717, 1.165) is 0 Å². The van der Waals surface area contributed by atoms with Gasteiger partial charge in [-0.25, -0.2) is 9.49 Å². The van der Waals surface area contributed by atoms with Gasteiger partial charge in [0.15, 0.2) is 0 Å². The number of aromatic nitrogens is 2. The highest BCUT2D eigenvalue weighted by Crippen LogP contribution is 2.28. The van der Waals surface area contributed by atoms with Crippen LogP contribution in [0.15, 0.2) is 22.6 Å². The molecule has 2 rings (SSSR count). The molecule has 0 aliphatic heterocycles. The first-order valence-corrected chi connectivity index (χ1v) is 4.47. The van der Waals surface area contributed by atoms with Crippen molar-refractivity contribution in [3.05, 3.63) is 33.9 Å². The summed E-state index contributed by atoms with van der Waals surface area (Å²) in [7, 11) is 0. The summed E-state index contributed by atoms with van der Waals surface area (Å²) in [5.74, 6) is -0.340. The zero-order chi connectivity index (χ0) is 10.1. The van der Waals surface area contributed by atoms with Gasteiger partial charge in [0.05, 0.1) is 10.6 Å². The quantitative estimate of drug-likeness (QED) is 0.765. The summed E-state index contributed by atoms with van der Waals surface area (Å²) in [5.41, 5.74) is 0.374. The predicted octanol–water partition coefficient (Wildman–Crippen LogP) is 3.19. The van der Waals surface area contributed by atoms with Crippen molar-refractivity contribution >= 4 is 23.8 Å². The van der Waals surface area contributed by atoms with Gasteiger partial charge in [-0.05, 0) is 24.4 Å². The fraction of sp³-hybridized carbons (Fsp3) is 0. The van der Waals surface area contributed by atoms with Crippen molar-refractivity contribution < 1.29 is 8.81 Å². The Kier molecular flexibility index (Phi) is 2.35. The summed E-state index contributed by atoms with van der Waals surface area (Å²) >= 11 is 10.4. The van der Waals surface area contributed by atoms with Crippen LogP contribution in [0.5, 0.6) is 0 Å². The third kappa shape index (κ3) is 1.56. The first kappa shape index (κ1) is 9.36. The van der Waals surface area contributed by atoms with Crippen molar-refractivity contribution in [1.82, 2.24) is 10.2 Å². The van der Waals surface area contributed by atoms with Crippen LogP contribution in [-0.4, -0.2) is 10.2 Å². The van der Waals surface area contributed by atoms with Gasteiger partial charge >= 0.3 is 0 Å². The molecule has 1 aromatic heterocycles. The molecule has 1 heterocycles. The maximum Gasteiger partial charge on any atom is 0.284 e. The molecule has 3 nitrogen and oxygen atoms in total. The molecular weight excluding hydrogens is 227 g/mol. The zero-order valence-corrected chi connectivity index (χ0v) is 8.32. The van der Waals surface area contributed by atoms with Gasteiger partial charge in [0.1, 0.15) is 5.82 Å². The Bertz CT molecular complexity index is 522. The number of hydrogen-bond acceptors (Lipinski definition) is 3. The fourth-order valence-corrected chi connectivity index (χ4v) is 1.35. The lowest BCUT2D eigenvalue weighted by atomic mass is 10.2. The van der Waals surface area contributed by atoms with Crippen LogP contribution in [0.25, 0.3) is 11.5 Å². The van der Waals surface area contributed by atoms with Gasteiger partial charge < -0.3 is 4.42 Å². The predicted molar refractivity (Wildman–Crippen MR) is 52.1 cm³/mol. The van der Waals surface area contributed by atoms with E-state index in [4.69, 9.17) is 16.0 Å². The average molecular weight is 231 g/mol. The molecule has 0 bridgehead atoms. The van der Waals surface area contributed by atoms with Crippen molar-refractivity contribution in [2.75, 3.05) is 0 Å². The number of benzene rings is 1. The first-order valence-electron chi connectivity index (χ1n) is 3.68. The first-order chi connectivity index (χ1) is 6.68. The van der Waals surface area contributed by atoms with Crippen LogP contribution in [-0.2, 0) is 0 Å². The molecule has 1 N–H and O–H groups in total. The van der Waals surface area contributed by atoms with Gasteiger partial charge in [-0.1, -0.05) is 17.7 Å². The maximum absolute atomic E-state index is 13.0. The number of nitrogens with zero attached hydrogens (tertiary/aromatic N) is 1. The monoisotopic (exact) mass is 230 g/mol. The minimum atomic E-state index is -0.520. The molecular formula is C8H4ClFN2OS. The summed E-state index contributed by atoms with van der Waals surface area (Å²) in [6, 6.07) is 4.37. The van der Waals surface area contributed by atoms with Crippen LogP contribution < -0.4 is 0 Å². The number of rotatable bonds is 1. The van der Waals surface area contributed by atoms with Crippen LogP contribution in [0.1, 0.15) is 0 Å². The van der Waals surface area contributed by atoms with E-state index in [1.54, 1.807) is 6.07 Å². The van der Waals surface area contributed by atoms with Crippen LogP contribution in [0, 0.1) is 10.7 Å². The van der Waals surface area contributed by atoms with Gasteiger partial charge in [0, 0.05) is 0 Å². The fourth-order valence-electron chi connectivity index (χ4n) is 1.01. The smallest absolute Gasteiger partial charge is 0.284 e. The number of aromatic amines is 1. The topological polar surface area (TPSA) is 41.8 Å². The summed E-state index contributed by atoms with van der Waals surface area (Å²) in [5, 5.41) is 6.14. The summed E-state index contributed by atoms with van der Waals surface area (Å²) in [6.07, 6.45) is 0. The molecule has 0 saturated carbocycles. The number of nitrogens with one attached hydrogen (secondary N) is 1. The van der Waals surface area contributed by atoms with Gasteiger partial charge in [0.25, 0.3) is 4.84 Å². The molecule has 2 aromatic rings. The molecule has 1 aromatic carbocycles. The van der Waals surface area contributed by atoms with E-state index >= 15 is 0 Å². The molecule has 0 unspecified atom stereocenters. The highest BCUT2D eigenvalue weighted by molar-refractivity contribution is 7.71. The molecule has 0 atom stereocenters. The highest BCUT2D eigenvalue weighted by Gasteiger charge is 2.11. The Hall–Kier alpha value is -1.20. The Balaban J connectivity index is 2.62. The van der Waals surface area contributed by atoms with Gasteiger partial charge in [-0.2, -0.15) is 0 Å². The lowest BCUT2D eigenvalue weighted by Crippen LogP contribution is -1.83. The maximum atomic E-state index is 13.0. The van der Waals surface area contributed by atoms with E-state index in [-0.39, 0.29) is 15.8 Å². The van der Waals surface area contributed by atoms with Crippen LogP contribution in [0.4, 0.5) is 4.39 Å². The highest BCUT2D eigenvalue weighted by atomic mass is 35.5. The van der Waals surface area contributed by atoms with E-state index in [0.29, 0.717) is 5.56 Å². The molecule has 0 aliphatic rings. The second-order valence-corrected chi connectivity index (χ2v) is 3.27. The second-order valence-electron chi connectivity index (χ2n) is 2.52. The van der Waals surface area contributed by atoms with E-state index in [9.17, 15) is 4.39 Å². The molecule has 0 aliphatic carbocycles. The van der Waals surface area contributed by atoms with Crippen LogP contribution >= 0.6 is 23.8 Å². The van der Waals surface area contributed by atoms with Crippen LogP contribution in [0.3, 0.4) is 0 Å². The number of hydrogen-bond donors (Lipinski definition) is 1. The minimum Gasteiger partial charge on any atom is -0.409 e. The van der Waals surface area contributed by atoms with E-state index in [2.05, 4.69) is 22.4 Å². The normalized spacial score (nSPS) is 10.4. The van der Waals surface area contributed by atoms with Crippen molar-refractivity contribution in [2.45, 2.75) is 0 Å². The van der Waals surface area contributed by atoms with Gasteiger partial charge in [0.2, 0.25) is 5.89 Å².